The molecule has 0 saturated carbocycles. The van der Waals surface area contributed by atoms with Gasteiger partial charge < -0.3 is 4.90 Å². The maximum absolute atomic E-state index is 2.46. The Morgan fingerprint density at radius 3 is 1.38 bits per heavy atom. The standard InChI is InChI=1S/C63H45N/c1-42-19-6-7-22-48(42)49-40-39-47(41-43(49)2)64(46-37-35-45(36-38-46)44-20-4-3-5-21-44)61-34-17-13-27-54(61)55-29-18-33-60-62(55)56-28-12-16-32-59(56)63(60)57-30-14-10-25-52(57)50-23-8-9-24-51(50)53-26-11-15-31-58(53)63/h3-41H,1-2H3. The van der Waals surface area contributed by atoms with Gasteiger partial charge in [0.05, 0.1) is 11.1 Å². The van der Waals surface area contributed by atoms with Crippen LogP contribution in [0.4, 0.5) is 17.1 Å². The Labute approximate surface area is 376 Å². The lowest BCUT2D eigenvalue weighted by atomic mass is 9.66. The summed E-state index contributed by atoms with van der Waals surface area (Å²) in [5.41, 5.74) is 25.5. The lowest BCUT2D eigenvalue weighted by Gasteiger charge is -2.35. The summed E-state index contributed by atoms with van der Waals surface area (Å²) in [7, 11) is 0. The fourth-order valence-electron chi connectivity index (χ4n) is 11.0. The van der Waals surface area contributed by atoms with Crippen LogP contribution in [-0.4, -0.2) is 0 Å². The zero-order valence-electron chi connectivity index (χ0n) is 36.0. The number of hydrogen-bond donors (Lipinski definition) is 0. The van der Waals surface area contributed by atoms with Crippen LogP contribution in [0.5, 0.6) is 0 Å². The summed E-state index contributed by atoms with van der Waals surface area (Å²) in [5, 5.41) is 0. The van der Waals surface area contributed by atoms with Crippen LogP contribution in [-0.2, 0) is 5.41 Å². The Balaban J connectivity index is 1.11. The number of hydrogen-bond acceptors (Lipinski definition) is 1. The number of aryl methyl sites for hydroxylation is 2. The number of anilines is 3. The minimum atomic E-state index is -0.557. The first-order valence-corrected chi connectivity index (χ1v) is 22.3. The van der Waals surface area contributed by atoms with E-state index in [0.29, 0.717) is 0 Å². The van der Waals surface area contributed by atoms with Crippen molar-refractivity contribution in [3.05, 3.63) is 270 Å². The number of para-hydroxylation sites is 1. The van der Waals surface area contributed by atoms with Crippen LogP contribution in [0.15, 0.2) is 237 Å². The molecule has 1 spiro atoms. The third kappa shape index (κ3) is 5.71. The van der Waals surface area contributed by atoms with Crippen molar-refractivity contribution in [2.24, 2.45) is 0 Å². The van der Waals surface area contributed by atoms with E-state index in [1.165, 1.54) is 100 Å². The van der Waals surface area contributed by atoms with Crippen molar-refractivity contribution in [3.63, 3.8) is 0 Å². The Morgan fingerprint density at radius 1 is 0.281 bits per heavy atom. The predicted octanol–water partition coefficient (Wildman–Crippen LogP) is 16.8. The monoisotopic (exact) mass is 815 g/mol. The molecule has 0 amide bonds. The second kappa shape index (κ2) is 15.1. The van der Waals surface area contributed by atoms with Gasteiger partial charge in [-0.05, 0) is 139 Å². The van der Waals surface area contributed by atoms with E-state index < -0.39 is 5.41 Å². The SMILES string of the molecule is Cc1ccccc1-c1ccc(N(c2ccc(-c3ccccc3)cc2)c2ccccc2-c2cccc3c2-c2ccccc2C32c3ccccc3-c3ccccc3-c3ccccc32)cc1C. The highest BCUT2D eigenvalue weighted by molar-refractivity contribution is 6.03. The average molecular weight is 816 g/mol. The van der Waals surface area contributed by atoms with Gasteiger partial charge in [0.25, 0.3) is 0 Å². The molecule has 1 heteroatoms. The van der Waals surface area contributed by atoms with E-state index in [1.807, 2.05) is 0 Å². The predicted molar refractivity (Wildman–Crippen MR) is 269 cm³/mol. The van der Waals surface area contributed by atoms with Crippen LogP contribution < -0.4 is 4.90 Å². The first-order valence-electron chi connectivity index (χ1n) is 22.3. The maximum Gasteiger partial charge on any atom is 0.0725 e. The molecule has 0 radical (unpaired) electrons. The number of nitrogens with zero attached hydrogens (tertiary/aromatic N) is 1. The van der Waals surface area contributed by atoms with Gasteiger partial charge in [-0.1, -0.05) is 206 Å². The van der Waals surface area contributed by atoms with Crippen LogP contribution in [0.25, 0.3) is 66.8 Å². The molecule has 0 saturated heterocycles. The van der Waals surface area contributed by atoms with E-state index in [-0.39, 0.29) is 0 Å². The summed E-state index contributed by atoms with van der Waals surface area (Å²) in [6.45, 7) is 4.44. The molecule has 0 unspecified atom stereocenters. The molecule has 10 aromatic rings. The Hall–Kier alpha value is -8.00. The minimum Gasteiger partial charge on any atom is -0.310 e. The van der Waals surface area contributed by atoms with E-state index in [2.05, 4.69) is 255 Å². The van der Waals surface area contributed by atoms with Gasteiger partial charge in [0, 0.05) is 16.9 Å². The van der Waals surface area contributed by atoms with Crippen molar-refractivity contribution < 1.29 is 0 Å². The third-order valence-corrected chi connectivity index (χ3v) is 13.8. The van der Waals surface area contributed by atoms with E-state index in [4.69, 9.17) is 0 Å². The number of fused-ring (bicyclic) bond motifs is 12. The molecule has 0 atom stereocenters. The summed E-state index contributed by atoms with van der Waals surface area (Å²) in [4.78, 5) is 2.46. The van der Waals surface area contributed by atoms with Crippen molar-refractivity contribution in [2.45, 2.75) is 19.3 Å². The minimum absolute atomic E-state index is 0.557. The first kappa shape index (κ1) is 37.7. The first-order chi connectivity index (χ1) is 31.6. The molecule has 0 heterocycles. The van der Waals surface area contributed by atoms with E-state index in [9.17, 15) is 0 Å². The van der Waals surface area contributed by atoms with Gasteiger partial charge in [-0.3, -0.25) is 0 Å². The van der Waals surface area contributed by atoms with Crippen molar-refractivity contribution in [2.75, 3.05) is 4.90 Å². The second-order valence-corrected chi connectivity index (χ2v) is 17.2. The van der Waals surface area contributed by atoms with Crippen LogP contribution in [0.3, 0.4) is 0 Å². The molecule has 10 aromatic carbocycles. The summed E-state index contributed by atoms with van der Waals surface area (Å²) < 4.78 is 0. The molecule has 12 rings (SSSR count). The van der Waals surface area contributed by atoms with Gasteiger partial charge in [0.1, 0.15) is 0 Å². The topological polar surface area (TPSA) is 3.24 Å². The molecule has 302 valence electrons. The highest BCUT2D eigenvalue weighted by Crippen LogP contribution is 2.63. The van der Waals surface area contributed by atoms with Gasteiger partial charge in [0.2, 0.25) is 0 Å². The molecule has 0 aromatic heterocycles. The lowest BCUT2D eigenvalue weighted by molar-refractivity contribution is 0.775. The van der Waals surface area contributed by atoms with Crippen LogP contribution in [0, 0.1) is 13.8 Å². The van der Waals surface area contributed by atoms with Crippen LogP contribution in [0.2, 0.25) is 0 Å². The van der Waals surface area contributed by atoms with Crippen LogP contribution >= 0.6 is 0 Å². The molecular formula is C63H45N. The molecule has 0 N–H and O–H groups in total. The molecule has 0 bridgehead atoms. The highest BCUT2D eigenvalue weighted by Gasteiger charge is 2.50. The van der Waals surface area contributed by atoms with Crippen molar-refractivity contribution >= 4 is 17.1 Å². The van der Waals surface area contributed by atoms with Gasteiger partial charge in [-0.2, -0.15) is 0 Å². The normalized spacial score (nSPS) is 12.7. The Bertz CT molecular complexity index is 3340. The summed E-state index contributed by atoms with van der Waals surface area (Å²) in [6.07, 6.45) is 0. The summed E-state index contributed by atoms with van der Waals surface area (Å²) in [5.74, 6) is 0. The van der Waals surface area contributed by atoms with Gasteiger partial charge in [-0.15, -0.1) is 0 Å². The summed E-state index contributed by atoms with van der Waals surface area (Å²) in [6, 6.07) is 87.8. The average Bonchev–Trinajstić information content (AvgIpc) is 3.60. The smallest absolute Gasteiger partial charge is 0.0725 e. The lowest BCUT2D eigenvalue weighted by Crippen LogP contribution is -2.29. The van der Waals surface area contributed by atoms with Crippen molar-refractivity contribution in [1.82, 2.24) is 0 Å². The highest BCUT2D eigenvalue weighted by atomic mass is 15.1. The van der Waals surface area contributed by atoms with Gasteiger partial charge >= 0.3 is 0 Å². The molecule has 64 heavy (non-hydrogen) atoms. The quantitative estimate of drug-likeness (QED) is 0.162. The Morgan fingerprint density at radius 2 is 0.734 bits per heavy atom. The number of benzene rings is 10. The second-order valence-electron chi connectivity index (χ2n) is 17.2. The molecule has 2 aliphatic rings. The van der Waals surface area contributed by atoms with E-state index >= 15 is 0 Å². The van der Waals surface area contributed by atoms with Crippen LogP contribution in [0.1, 0.15) is 33.4 Å². The molecule has 0 aliphatic heterocycles. The fraction of sp³-hybridized carbons (Fsp3) is 0.0476. The third-order valence-electron chi connectivity index (χ3n) is 13.8. The van der Waals surface area contributed by atoms with E-state index in [1.54, 1.807) is 0 Å². The summed E-state index contributed by atoms with van der Waals surface area (Å²) >= 11 is 0. The number of rotatable bonds is 6. The molecule has 1 nitrogen and oxygen atoms in total. The maximum atomic E-state index is 2.46. The molecular weight excluding hydrogens is 771 g/mol. The van der Waals surface area contributed by atoms with Gasteiger partial charge in [0.15, 0.2) is 0 Å². The van der Waals surface area contributed by atoms with Crippen molar-refractivity contribution in [3.8, 4) is 66.8 Å². The molecule has 2 aliphatic carbocycles. The molecule has 0 fully saturated rings. The van der Waals surface area contributed by atoms with E-state index in [0.717, 1.165) is 17.1 Å². The van der Waals surface area contributed by atoms with Gasteiger partial charge in [-0.25, -0.2) is 0 Å². The zero-order chi connectivity index (χ0) is 42.8. The zero-order valence-corrected chi connectivity index (χ0v) is 36.0. The fourth-order valence-corrected chi connectivity index (χ4v) is 11.0. The largest absolute Gasteiger partial charge is 0.310 e. The van der Waals surface area contributed by atoms with Crippen molar-refractivity contribution in [1.29, 1.82) is 0 Å². The Kier molecular flexibility index (Phi) is 8.91.